The van der Waals surface area contributed by atoms with E-state index in [1.807, 2.05) is 26.8 Å². The fourth-order valence-electron chi connectivity index (χ4n) is 4.38. The van der Waals surface area contributed by atoms with Crippen molar-refractivity contribution in [2.24, 2.45) is 0 Å². The first-order valence-corrected chi connectivity index (χ1v) is 13.3. The third kappa shape index (κ3) is 6.51. The molecular formula is C24H43NO6Si. The van der Waals surface area contributed by atoms with Crippen LogP contribution in [0.1, 0.15) is 75.2 Å². The molecular weight excluding hydrogens is 426 g/mol. The maximum Gasteiger partial charge on any atom is 0.407 e. The van der Waals surface area contributed by atoms with E-state index < -0.39 is 20.3 Å². The summed E-state index contributed by atoms with van der Waals surface area (Å²) in [5.74, 6) is 0.653. The van der Waals surface area contributed by atoms with Gasteiger partial charge < -0.3 is 28.4 Å². The van der Waals surface area contributed by atoms with Gasteiger partial charge in [0, 0.05) is 23.0 Å². The number of hydrogen-bond acceptors (Lipinski definition) is 6. The summed E-state index contributed by atoms with van der Waals surface area (Å²) in [6.45, 7) is 23.7. The summed E-state index contributed by atoms with van der Waals surface area (Å²) in [5, 5.41) is 2.52. The molecule has 3 atom stereocenters. The van der Waals surface area contributed by atoms with Crippen LogP contribution in [0.3, 0.4) is 0 Å². The summed E-state index contributed by atoms with van der Waals surface area (Å²) >= 11 is 0. The fourth-order valence-corrected chi connectivity index (χ4v) is 9.34. The van der Waals surface area contributed by atoms with Gasteiger partial charge in [-0.1, -0.05) is 48.1 Å². The number of amides is 1. The molecule has 2 heterocycles. The second kappa shape index (κ2) is 9.77. The molecule has 2 aliphatic heterocycles. The summed E-state index contributed by atoms with van der Waals surface area (Å²) in [6.07, 6.45) is 3.70. The van der Waals surface area contributed by atoms with E-state index in [1.54, 1.807) is 6.26 Å². The summed E-state index contributed by atoms with van der Waals surface area (Å²) in [5.41, 5.74) is -0.509. The van der Waals surface area contributed by atoms with Crippen LogP contribution in [0, 0.1) is 0 Å². The average Bonchev–Trinajstić information content (AvgIpc) is 2.62. The van der Waals surface area contributed by atoms with Crippen molar-refractivity contribution < 1.29 is 27.9 Å². The minimum absolute atomic E-state index is 0.119. The van der Waals surface area contributed by atoms with E-state index in [9.17, 15) is 4.79 Å². The number of carbonyl (C=O) groups excluding carboxylic acids is 1. The van der Waals surface area contributed by atoms with Crippen molar-refractivity contribution in [3.63, 3.8) is 0 Å². The SMILES string of the molecule is C=C(CCCNC(=O)OC(C)(C)C)O[C@@H]1C=CO[C@@H]2CO[Si](C(C)(C)C)(C(C)(C)C)O[C@@H]12. The first kappa shape index (κ1) is 26.7. The Labute approximate surface area is 195 Å². The zero-order valence-corrected chi connectivity index (χ0v) is 22.4. The zero-order chi connectivity index (χ0) is 24.4. The number of hydrogen-bond donors (Lipinski definition) is 1. The molecule has 32 heavy (non-hydrogen) atoms. The number of fused-ring (bicyclic) bond motifs is 1. The molecule has 1 saturated heterocycles. The first-order valence-electron chi connectivity index (χ1n) is 11.5. The van der Waals surface area contributed by atoms with Gasteiger partial charge in [0.15, 0.2) is 0 Å². The zero-order valence-electron chi connectivity index (χ0n) is 21.4. The number of alkyl carbamates (subject to hydrolysis) is 1. The molecule has 2 aliphatic rings. The lowest BCUT2D eigenvalue weighted by Crippen LogP contribution is -2.67. The van der Waals surface area contributed by atoms with E-state index in [1.165, 1.54) is 0 Å². The molecule has 1 amide bonds. The van der Waals surface area contributed by atoms with Crippen LogP contribution in [0.25, 0.3) is 0 Å². The number of rotatable bonds is 6. The van der Waals surface area contributed by atoms with Crippen LogP contribution in [0.5, 0.6) is 0 Å². The highest BCUT2D eigenvalue weighted by Crippen LogP contribution is 2.54. The Kier molecular flexibility index (Phi) is 8.16. The van der Waals surface area contributed by atoms with Gasteiger partial charge in [-0.2, -0.15) is 0 Å². The largest absolute Gasteiger partial charge is 0.493 e. The fraction of sp³-hybridized carbons (Fsp3) is 0.792. The van der Waals surface area contributed by atoms with E-state index in [0.717, 1.165) is 0 Å². The Morgan fingerprint density at radius 2 is 1.75 bits per heavy atom. The summed E-state index contributed by atoms with van der Waals surface area (Å²) in [7, 11) is -2.64. The van der Waals surface area contributed by atoms with E-state index in [0.29, 0.717) is 31.8 Å². The molecule has 0 unspecified atom stereocenters. The van der Waals surface area contributed by atoms with Gasteiger partial charge >= 0.3 is 14.7 Å². The average molecular weight is 470 g/mol. The lowest BCUT2D eigenvalue weighted by molar-refractivity contribution is -0.128. The van der Waals surface area contributed by atoms with E-state index >= 15 is 0 Å². The molecule has 0 aromatic carbocycles. The Morgan fingerprint density at radius 1 is 1.12 bits per heavy atom. The third-order valence-corrected chi connectivity index (χ3v) is 10.7. The highest BCUT2D eigenvalue weighted by Gasteiger charge is 2.63. The third-order valence-electron chi connectivity index (χ3n) is 5.54. The Hall–Kier alpha value is -1.51. The van der Waals surface area contributed by atoms with Gasteiger partial charge in [-0.25, -0.2) is 4.79 Å². The van der Waals surface area contributed by atoms with Crippen LogP contribution in [-0.4, -0.2) is 51.7 Å². The normalized spacial score (nSPS) is 25.3. The van der Waals surface area contributed by atoms with Crippen LogP contribution in [0.4, 0.5) is 4.79 Å². The molecule has 0 aromatic rings. The summed E-state index contributed by atoms with van der Waals surface area (Å²) in [4.78, 5) is 11.8. The molecule has 0 aliphatic carbocycles. The molecule has 0 saturated carbocycles. The van der Waals surface area contributed by atoms with Crippen molar-refractivity contribution in [2.75, 3.05) is 13.2 Å². The highest BCUT2D eigenvalue weighted by atomic mass is 28.4. The molecule has 1 fully saturated rings. The number of nitrogens with one attached hydrogen (secondary N) is 1. The van der Waals surface area contributed by atoms with Gasteiger partial charge in [-0.3, -0.25) is 0 Å². The minimum atomic E-state index is -2.64. The second-order valence-electron chi connectivity index (χ2n) is 11.7. The molecule has 0 aromatic heterocycles. The Bertz CT molecular complexity index is 687. The topological polar surface area (TPSA) is 75.3 Å². The monoisotopic (exact) mass is 469 g/mol. The van der Waals surface area contributed by atoms with Crippen LogP contribution < -0.4 is 5.32 Å². The van der Waals surface area contributed by atoms with Crippen molar-refractivity contribution in [3.8, 4) is 0 Å². The van der Waals surface area contributed by atoms with Crippen LogP contribution in [0.2, 0.25) is 10.1 Å². The van der Waals surface area contributed by atoms with E-state index in [2.05, 4.69) is 53.4 Å². The van der Waals surface area contributed by atoms with Gasteiger partial charge in [0.2, 0.25) is 0 Å². The van der Waals surface area contributed by atoms with Crippen molar-refractivity contribution in [1.29, 1.82) is 0 Å². The standard InChI is InChI=1S/C24H43NO6Si/c1-17(12-11-14-25-21(26)30-22(2,3)4)29-18-13-15-27-19-16-28-32(23(5,6)7,24(8,9)10)31-20(18)19/h13,15,18-20H,1,11-12,14,16H2,2-10H3,(H,25,26)/t18-,19-,20+/m1/s1. The van der Waals surface area contributed by atoms with Crippen molar-refractivity contribution in [3.05, 3.63) is 24.7 Å². The predicted molar refractivity (Wildman–Crippen MR) is 128 cm³/mol. The second-order valence-corrected chi connectivity index (χ2v) is 16.4. The van der Waals surface area contributed by atoms with Crippen LogP contribution >= 0.6 is 0 Å². The quantitative estimate of drug-likeness (QED) is 0.312. The highest BCUT2D eigenvalue weighted by molar-refractivity contribution is 6.73. The molecule has 8 heteroatoms. The smallest absolute Gasteiger partial charge is 0.407 e. The summed E-state index contributed by atoms with van der Waals surface area (Å²) in [6, 6.07) is 0. The molecule has 184 valence electrons. The van der Waals surface area contributed by atoms with Gasteiger partial charge in [0.05, 0.1) is 18.6 Å². The van der Waals surface area contributed by atoms with Gasteiger partial charge in [0.1, 0.15) is 23.9 Å². The maximum absolute atomic E-state index is 11.8. The number of carbonyl (C=O) groups is 1. The lowest BCUT2D eigenvalue weighted by Gasteiger charge is -2.55. The van der Waals surface area contributed by atoms with E-state index in [4.69, 9.17) is 23.1 Å². The van der Waals surface area contributed by atoms with Gasteiger partial charge in [0.25, 0.3) is 0 Å². The van der Waals surface area contributed by atoms with Crippen LogP contribution in [-0.2, 0) is 23.1 Å². The lowest BCUT2D eigenvalue weighted by atomic mass is 10.1. The predicted octanol–water partition coefficient (Wildman–Crippen LogP) is 5.56. The Morgan fingerprint density at radius 3 is 2.31 bits per heavy atom. The van der Waals surface area contributed by atoms with Crippen molar-refractivity contribution in [1.82, 2.24) is 5.32 Å². The molecule has 0 radical (unpaired) electrons. The number of ether oxygens (including phenoxy) is 3. The molecule has 0 bridgehead atoms. The van der Waals surface area contributed by atoms with Gasteiger partial charge in [-0.05, 0) is 33.3 Å². The molecule has 7 nitrogen and oxygen atoms in total. The number of allylic oxidation sites excluding steroid dienone is 1. The first-order chi connectivity index (χ1) is 14.6. The molecule has 2 rings (SSSR count). The van der Waals surface area contributed by atoms with Gasteiger partial charge in [-0.15, -0.1) is 0 Å². The van der Waals surface area contributed by atoms with Crippen LogP contribution in [0.15, 0.2) is 24.7 Å². The Balaban J connectivity index is 1.95. The summed E-state index contributed by atoms with van der Waals surface area (Å²) < 4.78 is 30.6. The maximum atomic E-state index is 11.8. The van der Waals surface area contributed by atoms with Crippen molar-refractivity contribution >= 4 is 14.7 Å². The van der Waals surface area contributed by atoms with E-state index in [-0.39, 0.29) is 28.4 Å². The molecule has 1 N–H and O–H groups in total. The molecule has 0 spiro atoms. The van der Waals surface area contributed by atoms with Crippen molar-refractivity contribution in [2.45, 2.75) is 109 Å². The minimum Gasteiger partial charge on any atom is -0.493 e.